The fourth-order valence-corrected chi connectivity index (χ4v) is 2.68. The standard InChI is InChI=1S/C15H25NOS/c1-5-16-13(11-18-15(2,3)4)10-12-6-8-14(17)9-7-12/h6-9,13,16-17H,5,10-11H2,1-4H3. The minimum Gasteiger partial charge on any atom is -0.508 e. The van der Waals surface area contributed by atoms with E-state index in [0.717, 1.165) is 18.7 Å². The number of hydrogen-bond donors (Lipinski definition) is 2. The molecule has 0 fully saturated rings. The summed E-state index contributed by atoms with van der Waals surface area (Å²) in [7, 11) is 0. The average molecular weight is 267 g/mol. The van der Waals surface area contributed by atoms with Gasteiger partial charge >= 0.3 is 0 Å². The fraction of sp³-hybridized carbons (Fsp3) is 0.600. The van der Waals surface area contributed by atoms with Crippen molar-refractivity contribution < 1.29 is 5.11 Å². The second-order valence-corrected chi connectivity index (χ2v) is 7.40. The first-order chi connectivity index (χ1) is 8.40. The quantitative estimate of drug-likeness (QED) is 0.828. The number of phenols is 1. The molecule has 2 nitrogen and oxygen atoms in total. The minimum absolute atomic E-state index is 0.308. The predicted octanol–water partition coefficient (Wildman–Crippen LogP) is 3.44. The zero-order valence-electron chi connectivity index (χ0n) is 11.9. The Balaban J connectivity index is 2.54. The summed E-state index contributed by atoms with van der Waals surface area (Å²) in [5.74, 6) is 1.45. The summed E-state index contributed by atoms with van der Waals surface area (Å²) in [5, 5.41) is 12.8. The third-order valence-corrected chi connectivity index (χ3v) is 4.06. The van der Waals surface area contributed by atoms with E-state index in [1.807, 2.05) is 23.9 Å². The second kappa shape index (κ2) is 7.05. The first-order valence-electron chi connectivity index (χ1n) is 6.56. The van der Waals surface area contributed by atoms with E-state index < -0.39 is 0 Å². The van der Waals surface area contributed by atoms with Gasteiger partial charge in [0, 0.05) is 16.5 Å². The van der Waals surface area contributed by atoms with Crippen LogP contribution >= 0.6 is 11.8 Å². The smallest absolute Gasteiger partial charge is 0.115 e. The maximum atomic E-state index is 9.28. The van der Waals surface area contributed by atoms with Crippen molar-refractivity contribution in [2.75, 3.05) is 12.3 Å². The number of thioether (sulfide) groups is 1. The van der Waals surface area contributed by atoms with Gasteiger partial charge in [-0.25, -0.2) is 0 Å². The Morgan fingerprint density at radius 1 is 1.22 bits per heavy atom. The normalized spacial score (nSPS) is 13.6. The van der Waals surface area contributed by atoms with Crippen LogP contribution in [-0.2, 0) is 6.42 Å². The molecule has 0 heterocycles. The lowest BCUT2D eigenvalue weighted by Crippen LogP contribution is -2.34. The van der Waals surface area contributed by atoms with Gasteiger partial charge in [-0.1, -0.05) is 39.8 Å². The average Bonchev–Trinajstić information content (AvgIpc) is 2.28. The lowest BCUT2D eigenvalue weighted by molar-refractivity contribution is 0.474. The van der Waals surface area contributed by atoms with Crippen molar-refractivity contribution in [2.24, 2.45) is 0 Å². The summed E-state index contributed by atoms with van der Waals surface area (Å²) in [5.41, 5.74) is 1.27. The Kier molecular flexibility index (Phi) is 6.03. The summed E-state index contributed by atoms with van der Waals surface area (Å²) in [6.07, 6.45) is 1.01. The highest BCUT2D eigenvalue weighted by Crippen LogP contribution is 2.24. The number of phenolic OH excluding ortho intramolecular Hbond substituents is 1. The van der Waals surface area contributed by atoms with Gasteiger partial charge in [0.05, 0.1) is 0 Å². The van der Waals surface area contributed by atoms with Crippen LogP contribution < -0.4 is 5.32 Å². The van der Waals surface area contributed by atoms with E-state index in [1.165, 1.54) is 5.56 Å². The van der Waals surface area contributed by atoms with Gasteiger partial charge in [0.25, 0.3) is 0 Å². The molecule has 0 amide bonds. The summed E-state index contributed by atoms with van der Waals surface area (Å²) in [6, 6.07) is 8.01. The van der Waals surface area contributed by atoms with E-state index >= 15 is 0 Å². The van der Waals surface area contributed by atoms with Crippen LogP contribution in [0.4, 0.5) is 0 Å². The maximum absolute atomic E-state index is 9.28. The molecule has 1 unspecified atom stereocenters. The molecule has 0 saturated carbocycles. The lowest BCUT2D eigenvalue weighted by Gasteiger charge is -2.23. The van der Waals surface area contributed by atoms with Gasteiger partial charge < -0.3 is 10.4 Å². The number of hydrogen-bond acceptors (Lipinski definition) is 3. The first-order valence-corrected chi connectivity index (χ1v) is 7.54. The van der Waals surface area contributed by atoms with E-state index in [2.05, 4.69) is 33.0 Å². The number of nitrogens with one attached hydrogen (secondary N) is 1. The molecule has 1 rings (SSSR count). The third-order valence-electron chi connectivity index (χ3n) is 2.63. The van der Waals surface area contributed by atoms with Crippen LogP contribution in [0, 0.1) is 0 Å². The molecule has 0 bridgehead atoms. The van der Waals surface area contributed by atoms with Crippen LogP contribution in [0.25, 0.3) is 0 Å². The molecular weight excluding hydrogens is 242 g/mol. The second-order valence-electron chi connectivity index (χ2n) is 5.55. The van der Waals surface area contributed by atoms with Gasteiger partial charge in [-0.2, -0.15) is 11.8 Å². The molecular formula is C15H25NOS. The van der Waals surface area contributed by atoms with Gasteiger partial charge in [-0.15, -0.1) is 0 Å². The van der Waals surface area contributed by atoms with Crippen molar-refractivity contribution in [3.63, 3.8) is 0 Å². The summed E-state index contributed by atoms with van der Waals surface area (Å²) in [4.78, 5) is 0. The fourth-order valence-electron chi connectivity index (χ4n) is 1.75. The maximum Gasteiger partial charge on any atom is 0.115 e. The summed E-state index contributed by atoms with van der Waals surface area (Å²) >= 11 is 1.99. The van der Waals surface area contributed by atoms with Crippen molar-refractivity contribution >= 4 is 11.8 Å². The monoisotopic (exact) mass is 267 g/mol. The van der Waals surface area contributed by atoms with Crippen molar-refractivity contribution in [3.05, 3.63) is 29.8 Å². The molecule has 1 atom stereocenters. The molecule has 1 aromatic carbocycles. The molecule has 0 spiro atoms. The van der Waals surface area contributed by atoms with Gasteiger partial charge in [0.2, 0.25) is 0 Å². The van der Waals surface area contributed by atoms with Gasteiger partial charge in [-0.05, 0) is 30.7 Å². The van der Waals surface area contributed by atoms with Crippen LogP contribution in [0.15, 0.2) is 24.3 Å². The Morgan fingerprint density at radius 3 is 2.33 bits per heavy atom. The third kappa shape index (κ3) is 6.31. The molecule has 1 aromatic rings. The molecule has 0 aliphatic heterocycles. The van der Waals surface area contributed by atoms with Crippen molar-refractivity contribution in [1.82, 2.24) is 5.32 Å². The van der Waals surface area contributed by atoms with E-state index in [4.69, 9.17) is 0 Å². The molecule has 102 valence electrons. The largest absolute Gasteiger partial charge is 0.508 e. The molecule has 18 heavy (non-hydrogen) atoms. The Hall–Kier alpha value is -0.670. The van der Waals surface area contributed by atoms with E-state index in [9.17, 15) is 5.11 Å². The molecule has 0 saturated heterocycles. The molecule has 0 radical (unpaired) electrons. The van der Waals surface area contributed by atoms with Crippen LogP contribution in [0.3, 0.4) is 0 Å². The van der Waals surface area contributed by atoms with Crippen LogP contribution in [0.1, 0.15) is 33.3 Å². The lowest BCUT2D eigenvalue weighted by atomic mass is 10.1. The van der Waals surface area contributed by atoms with E-state index in [1.54, 1.807) is 12.1 Å². The van der Waals surface area contributed by atoms with E-state index in [0.29, 0.717) is 16.5 Å². The predicted molar refractivity (Wildman–Crippen MR) is 81.5 cm³/mol. The number of likely N-dealkylation sites (N-methyl/N-ethyl adjacent to an activating group) is 1. The van der Waals surface area contributed by atoms with Gasteiger partial charge in [-0.3, -0.25) is 0 Å². The SMILES string of the molecule is CCNC(CSC(C)(C)C)Cc1ccc(O)cc1. The summed E-state index contributed by atoms with van der Waals surface area (Å²) in [6.45, 7) is 9.89. The topological polar surface area (TPSA) is 32.3 Å². The van der Waals surface area contributed by atoms with Crippen molar-refractivity contribution in [2.45, 2.75) is 44.9 Å². The highest BCUT2D eigenvalue weighted by atomic mass is 32.2. The molecule has 0 aromatic heterocycles. The molecule has 3 heteroatoms. The van der Waals surface area contributed by atoms with Crippen molar-refractivity contribution in [1.29, 1.82) is 0 Å². The molecule has 2 N–H and O–H groups in total. The van der Waals surface area contributed by atoms with Crippen LogP contribution in [-0.4, -0.2) is 28.2 Å². The number of rotatable bonds is 6. The van der Waals surface area contributed by atoms with Crippen LogP contribution in [0.2, 0.25) is 0 Å². The molecule has 0 aliphatic carbocycles. The van der Waals surface area contributed by atoms with Gasteiger partial charge in [0.15, 0.2) is 0 Å². The highest BCUT2D eigenvalue weighted by Gasteiger charge is 2.15. The minimum atomic E-state index is 0.308. The molecule has 0 aliphatic rings. The van der Waals surface area contributed by atoms with E-state index in [-0.39, 0.29) is 0 Å². The Morgan fingerprint density at radius 2 is 1.83 bits per heavy atom. The van der Waals surface area contributed by atoms with Crippen LogP contribution in [0.5, 0.6) is 5.75 Å². The zero-order chi connectivity index (χ0) is 13.6. The Bertz CT molecular complexity index is 343. The first kappa shape index (κ1) is 15.4. The zero-order valence-corrected chi connectivity index (χ0v) is 12.7. The summed E-state index contributed by atoms with van der Waals surface area (Å²) < 4.78 is 0.308. The Labute approximate surface area is 115 Å². The highest BCUT2D eigenvalue weighted by molar-refractivity contribution is 8.00. The van der Waals surface area contributed by atoms with Gasteiger partial charge in [0.1, 0.15) is 5.75 Å². The van der Waals surface area contributed by atoms with Crippen molar-refractivity contribution in [3.8, 4) is 5.75 Å². The number of aromatic hydroxyl groups is 1. The number of benzene rings is 1.